The maximum absolute atomic E-state index is 5.63. The van der Waals surface area contributed by atoms with Gasteiger partial charge in [0.15, 0.2) is 0 Å². The van der Waals surface area contributed by atoms with Gasteiger partial charge in [-0.15, -0.1) is 0 Å². The van der Waals surface area contributed by atoms with Crippen LogP contribution in [-0.4, -0.2) is 27.4 Å². The molecule has 4 nitrogen and oxygen atoms in total. The van der Waals surface area contributed by atoms with Crippen LogP contribution in [0.2, 0.25) is 0 Å². The van der Waals surface area contributed by atoms with E-state index < -0.39 is 0 Å². The molecule has 0 aliphatic heterocycles. The predicted octanol–water partition coefficient (Wildman–Crippen LogP) is 4.60. The lowest BCUT2D eigenvalue weighted by Crippen LogP contribution is -2.22. The molecule has 0 amide bonds. The minimum atomic E-state index is 0.0370. The second kappa shape index (κ2) is 10.5. The van der Waals surface area contributed by atoms with E-state index in [1.165, 1.54) is 11.1 Å². The predicted molar refractivity (Wildman–Crippen MR) is 112 cm³/mol. The average Bonchev–Trinajstić information content (AvgIpc) is 2.76. The second-order valence-electron chi connectivity index (χ2n) is 6.45. The molecule has 3 aromatic carbocycles. The molecule has 0 saturated carbocycles. The van der Waals surface area contributed by atoms with E-state index in [0.29, 0.717) is 13.2 Å². The van der Waals surface area contributed by atoms with Gasteiger partial charge in [-0.05, 0) is 29.3 Å². The summed E-state index contributed by atoms with van der Waals surface area (Å²) in [5.74, 6) is 1.73. The molecule has 0 spiro atoms. The van der Waals surface area contributed by atoms with Gasteiger partial charge in [0.2, 0.25) is 0 Å². The van der Waals surface area contributed by atoms with Crippen LogP contribution in [-0.2, 0) is 11.3 Å². The molecule has 0 heterocycles. The first kappa shape index (κ1) is 19.9. The summed E-state index contributed by atoms with van der Waals surface area (Å²) < 4.78 is 16.2. The Morgan fingerprint density at radius 2 is 1.50 bits per heavy atom. The van der Waals surface area contributed by atoms with Gasteiger partial charge in [0.25, 0.3) is 0 Å². The molecule has 1 atom stereocenters. The Bertz CT molecular complexity index is 834. The number of benzene rings is 3. The fraction of sp³-hybridized carbons (Fsp3) is 0.250. The Morgan fingerprint density at radius 1 is 0.786 bits per heavy atom. The van der Waals surface area contributed by atoms with Crippen molar-refractivity contribution >= 4 is 0 Å². The zero-order chi connectivity index (χ0) is 19.6. The number of hydrogen-bond acceptors (Lipinski definition) is 4. The third kappa shape index (κ3) is 5.35. The fourth-order valence-electron chi connectivity index (χ4n) is 3.12. The van der Waals surface area contributed by atoms with Crippen LogP contribution >= 0.6 is 0 Å². The van der Waals surface area contributed by atoms with E-state index in [2.05, 4.69) is 47.8 Å². The average molecular weight is 377 g/mol. The highest BCUT2D eigenvalue weighted by atomic mass is 16.5. The molecule has 0 aliphatic carbocycles. The molecule has 0 radical (unpaired) electrons. The molecule has 0 saturated heterocycles. The Morgan fingerprint density at radius 3 is 2.21 bits per heavy atom. The van der Waals surface area contributed by atoms with Crippen molar-refractivity contribution < 1.29 is 14.2 Å². The molecule has 4 heteroatoms. The van der Waals surface area contributed by atoms with E-state index in [-0.39, 0.29) is 6.04 Å². The number of hydrogen-bond donors (Lipinski definition) is 1. The molecule has 146 valence electrons. The van der Waals surface area contributed by atoms with Gasteiger partial charge in [-0.1, -0.05) is 60.7 Å². The summed E-state index contributed by atoms with van der Waals surface area (Å²) in [5, 5.41) is 3.67. The summed E-state index contributed by atoms with van der Waals surface area (Å²) in [6.45, 7) is 1.87. The molecular formula is C24H27NO3. The Kier molecular flexibility index (Phi) is 7.47. The summed E-state index contributed by atoms with van der Waals surface area (Å²) in [7, 11) is 3.38. The van der Waals surface area contributed by atoms with Crippen LogP contribution in [0.1, 0.15) is 22.7 Å². The first-order valence-electron chi connectivity index (χ1n) is 9.43. The van der Waals surface area contributed by atoms with Crippen LogP contribution in [0.4, 0.5) is 0 Å². The van der Waals surface area contributed by atoms with E-state index in [1.807, 2.05) is 36.4 Å². The van der Waals surface area contributed by atoms with E-state index in [0.717, 1.165) is 23.6 Å². The van der Waals surface area contributed by atoms with Gasteiger partial charge in [-0.2, -0.15) is 0 Å². The zero-order valence-electron chi connectivity index (χ0n) is 16.4. The molecule has 0 bridgehead atoms. The van der Waals surface area contributed by atoms with Crippen molar-refractivity contribution in [2.24, 2.45) is 0 Å². The van der Waals surface area contributed by atoms with Crippen molar-refractivity contribution in [3.63, 3.8) is 0 Å². The zero-order valence-corrected chi connectivity index (χ0v) is 16.4. The molecule has 0 fully saturated rings. The SMILES string of the molecule is COCCOc1ccc(CNC(c2ccccc2)c2ccccc2OC)cc1. The summed E-state index contributed by atoms with van der Waals surface area (Å²) in [5.41, 5.74) is 3.51. The van der Waals surface area contributed by atoms with E-state index in [9.17, 15) is 0 Å². The fourth-order valence-corrected chi connectivity index (χ4v) is 3.12. The standard InChI is InChI=1S/C24H27NO3/c1-26-16-17-28-21-14-12-19(13-15-21)18-25-24(20-8-4-3-5-9-20)22-10-6-7-11-23(22)27-2/h3-15,24-25H,16-18H2,1-2H3. The maximum Gasteiger partial charge on any atom is 0.123 e. The van der Waals surface area contributed by atoms with Crippen LogP contribution in [0.5, 0.6) is 11.5 Å². The van der Waals surface area contributed by atoms with Gasteiger partial charge < -0.3 is 19.5 Å². The molecule has 3 aromatic rings. The summed E-state index contributed by atoms with van der Waals surface area (Å²) >= 11 is 0. The Hall–Kier alpha value is -2.82. The molecule has 1 N–H and O–H groups in total. The molecule has 28 heavy (non-hydrogen) atoms. The van der Waals surface area contributed by atoms with Crippen molar-refractivity contribution in [1.29, 1.82) is 0 Å². The third-order valence-electron chi connectivity index (χ3n) is 4.57. The largest absolute Gasteiger partial charge is 0.496 e. The number of para-hydroxylation sites is 1. The smallest absolute Gasteiger partial charge is 0.123 e. The quantitative estimate of drug-likeness (QED) is 0.524. The monoisotopic (exact) mass is 377 g/mol. The highest BCUT2D eigenvalue weighted by molar-refractivity contribution is 5.41. The van der Waals surface area contributed by atoms with Gasteiger partial charge >= 0.3 is 0 Å². The molecule has 0 aliphatic rings. The number of nitrogens with one attached hydrogen (secondary N) is 1. The first-order chi connectivity index (χ1) is 13.8. The van der Waals surface area contributed by atoms with Gasteiger partial charge in [-0.25, -0.2) is 0 Å². The van der Waals surface area contributed by atoms with Crippen molar-refractivity contribution in [3.8, 4) is 11.5 Å². The molecule has 3 rings (SSSR count). The van der Waals surface area contributed by atoms with Gasteiger partial charge in [0, 0.05) is 19.2 Å². The Balaban J connectivity index is 1.74. The van der Waals surface area contributed by atoms with Gasteiger partial charge in [-0.3, -0.25) is 0 Å². The van der Waals surface area contributed by atoms with Crippen molar-refractivity contribution in [3.05, 3.63) is 95.6 Å². The summed E-state index contributed by atoms with van der Waals surface area (Å²) in [6.07, 6.45) is 0. The van der Waals surface area contributed by atoms with Crippen LogP contribution < -0.4 is 14.8 Å². The van der Waals surface area contributed by atoms with Crippen molar-refractivity contribution in [1.82, 2.24) is 5.32 Å². The van der Waals surface area contributed by atoms with E-state index in [1.54, 1.807) is 14.2 Å². The van der Waals surface area contributed by atoms with Crippen molar-refractivity contribution in [2.75, 3.05) is 27.4 Å². The molecule has 0 aromatic heterocycles. The summed E-state index contributed by atoms with van der Waals surface area (Å²) in [6, 6.07) is 26.8. The van der Waals surface area contributed by atoms with Crippen LogP contribution in [0.3, 0.4) is 0 Å². The number of methoxy groups -OCH3 is 2. The van der Waals surface area contributed by atoms with Crippen LogP contribution in [0, 0.1) is 0 Å². The van der Waals surface area contributed by atoms with E-state index >= 15 is 0 Å². The minimum absolute atomic E-state index is 0.0370. The minimum Gasteiger partial charge on any atom is -0.496 e. The molecular weight excluding hydrogens is 350 g/mol. The lowest BCUT2D eigenvalue weighted by molar-refractivity contribution is 0.146. The maximum atomic E-state index is 5.63. The van der Waals surface area contributed by atoms with Crippen LogP contribution in [0.15, 0.2) is 78.9 Å². The summed E-state index contributed by atoms with van der Waals surface area (Å²) in [4.78, 5) is 0. The molecule has 1 unspecified atom stereocenters. The Labute approximate surface area is 167 Å². The lowest BCUT2D eigenvalue weighted by atomic mass is 9.97. The number of ether oxygens (including phenoxy) is 3. The van der Waals surface area contributed by atoms with Crippen molar-refractivity contribution in [2.45, 2.75) is 12.6 Å². The van der Waals surface area contributed by atoms with Gasteiger partial charge in [0.05, 0.1) is 19.8 Å². The topological polar surface area (TPSA) is 39.7 Å². The highest BCUT2D eigenvalue weighted by Gasteiger charge is 2.17. The highest BCUT2D eigenvalue weighted by Crippen LogP contribution is 2.30. The normalized spacial score (nSPS) is 11.8. The lowest BCUT2D eigenvalue weighted by Gasteiger charge is -2.22. The van der Waals surface area contributed by atoms with Gasteiger partial charge in [0.1, 0.15) is 18.1 Å². The number of rotatable bonds is 10. The first-order valence-corrected chi connectivity index (χ1v) is 9.43. The third-order valence-corrected chi connectivity index (χ3v) is 4.57. The second-order valence-corrected chi connectivity index (χ2v) is 6.45. The van der Waals surface area contributed by atoms with Crippen LogP contribution in [0.25, 0.3) is 0 Å². The van der Waals surface area contributed by atoms with E-state index in [4.69, 9.17) is 14.2 Å².